The molecule has 0 bridgehead atoms. The van der Waals surface area contributed by atoms with Crippen LogP contribution in [0.2, 0.25) is 0 Å². The quantitative estimate of drug-likeness (QED) is 0.672. The van der Waals surface area contributed by atoms with Gasteiger partial charge in [0.1, 0.15) is 4.83 Å². The summed E-state index contributed by atoms with van der Waals surface area (Å²) in [7, 11) is 3.13. The smallest absolute Gasteiger partial charge is 0.332 e. The number of methoxy groups -OCH3 is 2. The molecule has 0 radical (unpaired) electrons. The molecule has 1 aliphatic rings. The van der Waals surface area contributed by atoms with Crippen molar-refractivity contribution in [2.45, 2.75) is 26.6 Å². The van der Waals surface area contributed by atoms with Gasteiger partial charge in [0.2, 0.25) is 0 Å². The lowest BCUT2D eigenvalue weighted by Crippen LogP contribution is -2.41. The van der Waals surface area contributed by atoms with Crippen LogP contribution in [0.4, 0.5) is 0 Å². The van der Waals surface area contributed by atoms with E-state index < -0.39 is 0 Å². The minimum atomic E-state index is -0.336. The van der Waals surface area contributed by atoms with Crippen molar-refractivity contribution in [3.63, 3.8) is 0 Å². The van der Waals surface area contributed by atoms with Crippen LogP contribution in [0.25, 0.3) is 10.2 Å². The number of guanidine groups is 1. The molecular formula is C17H25N5O4S. The van der Waals surface area contributed by atoms with Crippen molar-refractivity contribution in [1.82, 2.24) is 14.0 Å². The molecule has 0 atom stereocenters. The average Bonchev–Trinajstić information content (AvgIpc) is 3.19. The number of aromatic nitrogens is 2. The zero-order valence-electron chi connectivity index (χ0n) is 15.9. The molecule has 2 aromatic rings. The molecule has 0 saturated heterocycles. The number of ether oxygens (including phenoxy) is 2. The molecule has 2 aromatic heterocycles. The minimum Gasteiger partial charge on any atom is -0.383 e. The Labute approximate surface area is 160 Å². The first kappa shape index (κ1) is 19.6. The predicted molar refractivity (Wildman–Crippen MR) is 106 cm³/mol. The van der Waals surface area contributed by atoms with E-state index in [0.29, 0.717) is 49.0 Å². The van der Waals surface area contributed by atoms with Crippen molar-refractivity contribution >= 4 is 27.5 Å². The topological polar surface area (TPSA) is 104 Å². The molecule has 0 aromatic carbocycles. The highest BCUT2D eigenvalue weighted by Crippen LogP contribution is 2.29. The molecule has 9 nitrogen and oxygen atoms in total. The number of nitrogens with zero attached hydrogens (tertiary/aromatic N) is 4. The van der Waals surface area contributed by atoms with Gasteiger partial charge < -0.3 is 20.1 Å². The molecular weight excluding hydrogens is 370 g/mol. The number of rotatable bonds is 8. The molecule has 3 rings (SSSR count). The molecule has 0 amide bonds. The number of hydrogen-bond acceptors (Lipinski definition) is 8. The summed E-state index contributed by atoms with van der Waals surface area (Å²) in [6.07, 6.45) is 0. The van der Waals surface area contributed by atoms with Gasteiger partial charge in [-0.25, -0.2) is 4.79 Å². The molecule has 0 aliphatic carbocycles. The van der Waals surface area contributed by atoms with Crippen molar-refractivity contribution < 1.29 is 9.47 Å². The number of hydrogen-bond donors (Lipinski definition) is 1. The molecule has 3 heterocycles. The van der Waals surface area contributed by atoms with Gasteiger partial charge in [-0.15, -0.1) is 11.3 Å². The lowest BCUT2D eigenvalue weighted by atomic mass is 10.2. The summed E-state index contributed by atoms with van der Waals surface area (Å²) in [5.41, 5.74) is 6.20. The molecule has 0 unspecified atom stereocenters. The Balaban J connectivity index is 2.15. The summed E-state index contributed by atoms with van der Waals surface area (Å²) in [5.74, 6) is 0.515. The SMILES string of the molecule is COCCn1c(=O)c2c(C)c(CN3CCN=C3N)sc2n(CCOC)c1=O. The third-order valence-corrected chi connectivity index (χ3v) is 6.03. The second-order valence-corrected chi connectivity index (χ2v) is 7.45. The Hall–Kier alpha value is -2.17. The van der Waals surface area contributed by atoms with Crippen LogP contribution in [0.15, 0.2) is 14.6 Å². The van der Waals surface area contributed by atoms with Gasteiger partial charge in [-0.05, 0) is 12.5 Å². The number of thiophene rings is 1. The van der Waals surface area contributed by atoms with E-state index in [-0.39, 0.29) is 17.8 Å². The van der Waals surface area contributed by atoms with E-state index in [9.17, 15) is 9.59 Å². The van der Waals surface area contributed by atoms with Crippen molar-refractivity contribution in [3.05, 3.63) is 31.3 Å². The first-order valence-corrected chi connectivity index (χ1v) is 9.59. The van der Waals surface area contributed by atoms with Crippen molar-refractivity contribution in [2.24, 2.45) is 10.7 Å². The van der Waals surface area contributed by atoms with Gasteiger partial charge >= 0.3 is 5.69 Å². The third-order valence-electron chi connectivity index (χ3n) is 4.73. The first-order chi connectivity index (χ1) is 13.0. The van der Waals surface area contributed by atoms with Gasteiger partial charge in [0.25, 0.3) is 5.56 Å². The summed E-state index contributed by atoms with van der Waals surface area (Å²) < 4.78 is 13.1. The van der Waals surface area contributed by atoms with E-state index in [2.05, 4.69) is 4.99 Å². The highest BCUT2D eigenvalue weighted by molar-refractivity contribution is 7.18. The largest absolute Gasteiger partial charge is 0.383 e. The van der Waals surface area contributed by atoms with Gasteiger partial charge in [-0.1, -0.05) is 0 Å². The Bertz CT molecular complexity index is 974. The van der Waals surface area contributed by atoms with Crippen LogP contribution in [-0.4, -0.2) is 60.5 Å². The summed E-state index contributed by atoms with van der Waals surface area (Å²) in [4.78, 5) is 33.8. The van der Waals surface area contributed by atoms with Crippen LogP contribution in [0, 0.1) is 6.92 Å². The third kappa shape index (κ3) is 3.64. The highest BCUT2D eigenvalue weighted by Gasteiger charge is 2.22. The molecule has 10 heteroatoms. The van der Waals surface area contributed by atoms with Crippen LogP contribution in [-0.2, 0) is 29.1 Å². The molecule has 2 N–H and O–H groups in total. The zero-order chi connectivity index (χ0) is 19.6. The highest BCUT2D eigenvalue weighted by atomic mass is 32.1. The maximum atomic E-state index is 13.0. The van der Waals surface area contributed by atoms with Crippen molar-refractivity contribution in [3.8, 4) is 0 Å². The maximum absolute atomic E-state index is 13.0. The molecule has 1 aliphatic heterocycles. The van der Waals surface area contributed by atoms with Gasteiger partial charge in [-0.2, -0.15) is 0 Å². The van der Waals surface area contributed by atoms with Gasteiger partial charge in [0.05, 0.1) is 44.8 Å². The minimum absolute atomic E-state index is 0.216. The van der Waals surface area contributed by atoms with Crippen LogP contribution in [0.1, 0.15) is 10.4 Å². The molecule has 148 valence electrons. The van der Waals surface area contributed by atoms with E-state index in [1.807, 2.05) is 11.8 Å². The predicted octanol–water partition coefficient (Wildman–Crippen LogP) is -0.0438. The fraction of sp³-hybridized carbons (Fsp3) is 0.588. The van der Waals surface area contributed by atoms with Crippen LogP contribution in [0.5, 0.6) is 0 Å². The molecule has 0 fully saturated rings. The fourth-order valence-electron chi connectivity index (χ4n) is 3.18. The molecule has 0 spiro atoms. The van der Waals surface area contributed by atoms with Crippen LogP contribution < -0.4 is 17.0 Å². The van der Waals surface area contributed by atoms with Gasteiger partial charge in [-0.3, -0.25) is 18.9 Å². The van der Waals surface area contributed by atoms with E-state index in [1.54, 1.807) is 18.8 Å². The number of nitrogens with two attached hydrogens (primary N) is 1. The average molecular weight is 395 g/mol. The number of fused-ring (bicyclic) bond motifs is 1. The number of aliphatic imine (C=N–C) groups is 1. The summed E-state index contributed by atoms with van der Waals surface area (Å²) in [5, 5.41) is 0.580. The van der Waals surface area contributed by atoms with Crippen molar-refractivity contribution in [2.75, 3.05) is 40.5 Å². The summed E-state index contributed by atoms with van der Waals surface area (Å²) in [6, 6.07) is 0. The van der Waals surface area contributed by atoms with E-state index in [4.69, 9.17) is 15.2 Å². The van der Waals surface area contributed by atoms with Crippen LogP contribution >= 0.6 is 11.3 Å². The van der Waals surface area contributed by atoms with E-state index in [1.165, 1.54) is 15.9 Å². The normalized spacial score (nSPS) is 14.3. The monoisotopic (exact) mass is 395 g/mol. The zero-order valence-corrected chi connectivity index (χ0v) is 16.7. The Morgan fingerprint density at radius 3 is 2.41 bits per heavy atom. The Morgan fingerprint density at radius 1 is 1.15 bits per heavy atom. The van der Waals surface area contributed by atoms with E-state index >= 15 is 0 Å². The lowest BCUT2D eigenvalue weighted by Gasteiger charge is -2.16. The summed E-state index contributed by atoms with van der Waals surface area (Å²) in [6.45, 7) is 5.21. The van der Waals surface area contributed by atoms with Gasteiger partial charge in [0.15, 0.2) is 5.96 Å². The molecule has 0 saturated carbocycles. The lowest BCUT2D eigenvalue weighted by molar-refractivity contribution is 0.179. The summed E-state index contributed by atoms with van der Waals surface area (Å²) >= 11 is 1.46. The molecule has 27 heavy (non-hydrogen) atoms. The second kappa shape index (κ2) is 8.24. The van der Waals surface area contributed by atoms with Crippen molar-refractivity contribution in [1.29, 1.82) is 0 Å². The van der Waals surface area contributed by atoms with Gasteiger partial charge in [0, 0.05) is 25.6 Å². The first-order valence-electron chi connectivity index (χ1n) is 8.78. The van der Waals surface area contributed by atoms with E-state index in [0.717, 1.165) is 17.0 Å². The number of aryl methyl sites for hydroxylation is 1. The second-order valence-electron chi connectivity index (χ2n) is 6.37. The van der Waals surface area contributed by atoms with Crippen LogP contribution in [0.3, 0.4) is 0 Å². The fourth-order valence-corrected chi connectivity index (χ4v) is 4.52. The standard InChI is InChI=1S/C17H25N5O4S/c1-11-12(10-20-5-4-19-16(20)18)27-15-13(11)14(23)21(6-8-25-2)17(24)22(15)7-9-26-3/h4-10H2,1-3H3,(H2,18,19). The maximum Gasteiger partial charge on any atom is 0.332 e. The Kier molecular flexibility index (Phi) is 5.98. The Morgan fingerprint density at radius 2 is 1.81 bits per heavy atom.